The Balaban J connectivity index is 2.65. The molecule has 2 rings (SSSR count). The summed E-state index contributed by atoms with van der Waals surface area (Å²) in [7, 11) is 1.27. The molecular weight excluding hydrogens is 307 g/mol. The van der Waals surface area contributed by atoms with Gasteiger partial charge in [0.05, 0.1) is 7.11 Å². The van der Waals surface area contributed by atoms with E-state index in [0.717, 1.165) is 23.3 Å². The largest absolute Gasteiger partial charge is 0.492 e. The number of aromatic nitrogens is 2. The van der Waals surface area contributed by atoms with Crippen LogP contribution in [0.3, 0.4) is 0 Å². The number of carbonyl (C=O) groups excluding carboxylic acids is 2. The first-order chi connectivity index (χ1) is 8.07. The normalized spacial score (nSPS) is 16.9. The quantitative estimate of drug-likeness (QED) is 0.618. The second-order valence-electron chi connectivity index (χ2n) is 2.84. The molecule has 88 valence electrons. The Morgan fingerprint density at radius 3 is 2.41 bits per heavy atom. The summed E-state index contributed by atoms with van der Waals surface area (Å²) in [5, 5.41) is -0.384. The molecule has 1 aliphatic carbocycles. The molecule has 0 saturated heterocycles. The molecule has 1 aliphatic rings. The van der Waals surface area contributed by atoms with Gasteiger partial charge in [-0.25, -0.2) is 0 Å². The third-order valence-electron chi connectivity index (χ3n) is 1.95. The van der Waals surface area contributed by atoms with Gasteiger partial charge >= 0.3 is 11.7 Å². The molecule has 1 aromatic heterocycles. The molecule has 0 aromatic carbocycles. The molecule has 0 aliphatic heterocycles. The first-order valence-corrected chi connectivity index (χ1v) is 6.38. The first kappa shape index (κ1) is 12.6. The fourth-order valence-electron chi connectivity index (χ4n) is 1.23. The second kappa shape index (κ2) is 4.77. The molecule has 0 fully saturated rings. The number of ether oxygens (including phenoxy) is 1. The van der Waals surface area contributed by atoms with Crippen molar-refractivity contribution in [3.05, 3.63) is 20.8 Å². The van der Waals surface area contributed by atoms with Crippen LogP contribution in [-0.4, -0.2) is 26.8 Å². The summed E-state index contributed by atoms with van der Waals surface area (Å²) in [5.41, 5.74) is 0.00523. The summed E-state index contributed by atoms with van der Waals surface area (Å²) in [6, 6.07) is 0. The molecule has 5 nitrogen and oxygen atoms in total. The van der Waals surface area contributed by atoms with Crippen molar-refractivity contribution in [3.8, 4) is 0 Å². The highest BCUT2D eigenvalue weighted by atomic mass is 35.5. The zero-order chi connectivity index (χ0) is 12.6. The number of hydrogen-bond acceptors (Lipinski definition) is 6. The number of methoxy groups -OCH3 is 1. The summed E-state index contributed by atoms with van der Waals surface area (Å²) in [6.45, 7) is 0. The summed E-state index contributed by atoms with van der Waals surface area (Å²) in [5.74, 6) is -1.38. The van der Waals surface area contributed by atoms with Crippen LogP contribution in [-0.2, 0) is 14.3 Å². The molecule has 1 heterocycles. The van der Waals surface area contributed by atoms with Crippen LogP contribution in [0.15, 0.2) is 15.8 Å². The van der Waals surface area contributed by atoms with E-state index in [2.05, 4.69) is 8.14 Å². The molecule has 0 N–H and O–H groups in total. The zero-order valence-electron chi connectivity index (χ0n) is 8.19. The van der Waals surface area contributed by atoms with E-state index in [1.807, 2.05) is 0 Å². The van der Waals surface area contributed by atoms with Crippen LogP contribution in [0.4, 0.5) is 0 Å². The maximum absolute atomic E-state index is 11.9. The highest BCUT2D eigenvalue weighted by Crippen LogP contribution is 2.35. The van der Waals surface area contributed by atoms with Gasteiger partial charge in [0, 0.05) is 0 Å². The Labute approximate surface area is 114 Å². The fourth-order valence-corrected chi connectivity index (χ4v) is 2.80. The molecule has 0 amide bonds. The van der Waals surface area contributed by atoms with Gasteiger partial charge in [-0.1, -0.05) is 23.2 Å². The maximum Gasteiger partial charge on any atom is 0.331 e. The van der Waals surface area contributed by atoms with E-state index in [1.165, 1.54) is 7.11 Å². The molecule has 0 bridgehead atoms. The third kappa shape index (κ3) is 1.99. The van der Waals surface area contributed by atoms with Gasteiger partial charge in [0.15, 0.2) is 5.76 Å². The predicted molar refractivity (Wildman–Crippen MR) is 64.9 cm³/mol. The summed E-state index contributed by atoms with van der Waals surface area (Å²) in [4.78, 5) is 23.7. The number of halogens is 2. The van der Waals surface area contributed by atoms with Crippen molar-refractivity contribution in [2.75, 3.05) is 7.11 Å². The van der Waals surface area contributed by atoms with Crippen molar-refractivity contribution in [1.82, 2.24) is 8.14 Å². The van der Waals surface area contributed by atoms with Crippen LogP contribution >= 0.6 is 46.5 Å². The molecular formula is C8H3Cl2N2O3S2+. The van der Waals surface area contributed by atoms with Gasteiger partial charge in [0.25, 0.3) is 5.01 Å². The average molecular weight is 310 g/mol. The van der Waals surface area contributed by atoms with Crippen molar-refractivity contribution in [2.45, 2.75) is 0 Å². The van der Waals surface area contributed by atoms with Crippen molar-refractivity contribution in [1.29, 1.82) is 0 Å². The van der Waals surface area contributed by atoms with Gasteiger partial charge in [-0.2, -0.15) is 0 Å². The minimum atomic E-state index is -0.631. The van der Waals surface area contributed by atoms with Gasteiger partial charge in [0.2, 0.25) is 23.1 Å². The molecule has 0 spiro atoms. The van der Waals surface area contributed by atoms with E-state index in [-0.39, 0.29) is 26.4 Å². The number of carbonyl (C=O) groups is 2. The summed E-state index contributed by atoms with van der Waals surface area (Å²) >= 11 is 13.2. The second-order valence-corrected chi connectivity index (χ2v) is 5.11. The lowest BCUT2D eigenvalue weighted by Gasteiger charge is -2.13. The van der Waals surface area contributed by atoms with Crippen LogP contribution in [0.5, 0.6) is 0 Å². The Kier molecular flexibility index (Phi) is 3.53. The molecule has 0 saturated carbocycles. The SMILES string of the molecule is COC1=C(c2nsn[s+]2)C(=O)C(Cl)=C(Cl)C1=O. The number of ketones is 2. The number of Topliss-reactive ketones (excluding diaryl/α,β-unsaturated/α-hetero) is 2. The minimum Gasteiger partial charge on any atom is -0.492 e. The van der Waals surface area contributed by atoms with Crippen LogP contribution in [0.1, 0.15) is 5.01 Å². The van der Waals surface area contributed by atoms with E-state index >= 15 is 0 Å². The highest BCUT2D eigenvalue weighted by molar-refractivity contribution is 7.18. The monoisotopic (exact) mass is 309 g/mol. The molecule has 9 heteroatoms. The Bertz CT molecular complexity index is 565. The van der Waals surface area contributed by atoms with Gasteiger partial charge in [0.1, 0.15) is 19.4 Å². The molecule has 0 unspecified atom stereocenters. The lowest BCUT2D eigenvalue weighted by Crippen LogP contribution is -2.20. The molecule has 17 heavy (non-hydrogen) atoms. The number of rotatable bonds is 2. The van der Waals surface area contributed by atoms with Crippen molar-refractivity contribution in [2.24, 2.45) is 0 Å². The zero-order valence-corrected chi connectivity index (χ0v) is 11.3. The molecule has 1 aromatic rings. The van der Waals surface area contributed by atoms with Crippen LogP contribution in [0.2, 0.25) is 0 Å². The van der Waals surface area contributed by atoms with E-state index < -0.39 is 11.6 Å². The van der Waals surface area contributed by atoms with Crippen molar-refractivity contribution >= 4 is 63.6 Å². The Morgan fingerprint density at radius 2 is 1.88 bits per heavy atom. The summed E-state index contributed by atoms with van der Waals surface area (Å²) in [6.07, 6.45) is 0. The van der Waals surface area contributed by atoms with E-state index in [9.17, 15) is 9.59 Å². The molecule has 0 atom stereocenters. The highest BCUT2D eigenvalue weighted by Gasteiger charge is 2.39. The lowest BCUT2D eigenvalue weighted by molar-refractivity contribution is -0.116. The predicted octanol–water partition coefficient (Wildman–Crippen LogP) is 2.08. The molecule has 0 radical (unpaired) electrons. The van der Waals surface area contributed by atoms with Crippen LogP contribution in [0, 0.1) is 0 Å². The van der Waals surface area contributed by atoms with Crippen LogP contribution in [0.25, 0.3) is 5.57 Å². The first-order valence-electron chi connectivity index (χ1n) is 4.12. The topological polar surface area (TPSA) is 69.2 Å². The maximum atomic E-state index is 11.9. The van der Waals surface area contributed by atoms with Gasteiger partial charge in [-0.05, 0) is 4.37 Å². The van der Waals surface area contributed by atoms with Gasteiger partial charge in [-0.15, -0.1) is 0 Å². The van der Waals surface area contributed by atoms with E-state index in [1.54, 1.807) is 0 Å². The number of allylic oxidation sites excluding steroid dienone is 3. The lowest BCUT2D eigenvalue weighted by atomic mass is 10.0. The van der Waals surface area contributed by atoms with Crippen molar-refractivity contribution in [3.63, 3.8) is 0 Å². The fraction of sp³-hybridized carbons (Fsp3) is 0.125. The Morgan fingerprint density at radius 1 is 1.24 bits per heavy atom. The van der Waals surface area contributed by atoms with Gasteiger partial charge in [-0.3, -0.25) is 9.59 Å². The Hall–Kier alpha value is -0.890. The smallest absolute Gasteiger partial charge is 0.331 e. The average Bonchev–Trinajstić information content (AvgIpc) is 2.84. The minimum absolute atomic E-state index is 0.00523. The van der Waals surface area contributed by atoms with Gasteiger partial charge < -0.3 is 4.74 Å². The van der Waals surface area contributed by atoms with E-state index in [0.29, 0.717) is 0 Å². The standard InChI is InChI=1S/C8H3Cl2N2O3S2/c1-15-7-2(8-11-17-12-16-8)5(13)3(9)4(10)6(7)14/h1H3/q+1. The number of hydrogen-bond donors (Lipinski definition) is 0. The van der Waals surface area contributed by atoms with Crippen molar-refractivity contribution < 1.29 is 14.3 Å². The van der Waals surface area contributed by atoms with E-state index in [4.69, 9.17) is 27.9 Å². The summed E-state index contributed by atoms with van der Waals surface area (Å²) < 4.78 is 12.6. The third-order valence-corrected chi connectivity index (χ3v) is 4.18. The number of nitrogens with zero attached hydrogens (tertiary/aromatic N) is 2. The van der Waals surface area contributed by atoms with Crippen LogP contribution < -0.4 is 0 Å².